The van der Waals surface area contributed by atoms with E-state index < -0.39 is 0 Å². The molecule has 0 aliphatic heterocycles. The Morgan fingerprint density at radius 3 is 2.89 bits per heavy atom. The Kier molecular flexibility index (Phi) is 3.67. The predicted octanol–water partition coefficient (Wildman–Crippen LogP) is 2.59. The van der Waals surface area contributed by atoms with Crippen molar-refractivity contribution in [2.45, 2.75) is 13.5 Å². The summed E-state index contributed by atoms with van der Waals surface area (Å²) in [6.45, 7) is 2.63. The molecule has 1 aromatic carbocycles. The first-order valence-electron chi connectivity index (χ1n) is 5.78. The Morgan fingerprint density at radius 2 is 2.17 bits per heavy atom. The van der Waals surface area contributed by atoms with Crippen molar-refractivity contribution < 1.29 is 4.74 Å². The fourth-order valence-electron chi connectivity index (χ4n) is 1.61. The molecule has 0 unspecified atom stereocenters. The molecular formula is C14H17N3O. The largest absolute Gasteiger partial charge is 0.497 e. The average Bonchev–Trinajstić information content (AvgIpc) is 2.40. The summed E-state index contributed by atoms with van der Waals surface area (Å²) in [7, 11) is 1.66. The first-order valence-corrected chi connectivity index (χ1v) is 5.78. The van der Waals surface area contributed by atoms with E-state index in [1.54, 1.807) is 13.3 Å². The van der Waals surface area contributed by atoms with Crippen LogP contribution in [0.15, 0.2) is 36.5 Å². The number of aromatic nitrogens is 1. The van der Waals surface area contributed by atoms with Gasteiger partial charge in [0.05, 0.1) is 7.11 Å². The van der Waals surface area contributed by atoms with Crippen LogP contribution >= 0.6 is 0 Å². The second-order valence-electron chi connectivity index (χ2n) is 4.13. The van der Waals surface area contributed by atoms with Crippen molar-refractivity contribution in [1.82, 2.24) is 4.98 Å². The molecule has 1 aromatic heterocycles. The number of hydrogen-bond donors (Lipinski definition) is 2. The second kappa shape index (κ2) is 5.40. The first kappa shape index (κ1) is 12.2. The van der Waals surface area contributed by atoms with E-state index in [0.717, 1.165) is 28.4 Å². The maximum atomic E-state index is 5.84. The van der Waals surface area contributed by atoms with Crippen molar-refractivity contribution >= 4 is 11.5 Å². The van der Waals surface area contributed by atoms with Crippen LogP contribution in [0.25, 0.3) is 0 Å². The minimum atomic E-state index is 0.687. The molecule has 0 radical (unpaired) electrons. The molecule has 0 spiro atoms. The Morgan fingerprint density at radius 1 is 1.33 bits per heavy atom. The minimum Gasteiger partial charge on any atom is -0.497 e. The number of pyridine rings is 1. The lowest BCUT2D eigenvalue weighted by Crippen LogP contribution is -2.03. The summed E-state index contributed by atoms with van der Waals surface area (Å²) >= 11 is 0. The van der Waals surface area contributed by atoms with E-state index in [1.165, 1.54) is 0 Å². The van der Waals surface area contributed by atoms with Gasteiger partial charge in [-0.2, -0.15) is 0 Å². The van der Waals surface area contributed by atoms with Gasteiger partial charge in [-0.15, -0.1) is 0 Å². The molecule has 4 nitrogen and oxygen atoms in total. The third-order valence-electron chi connectivity index (χ3n) is 2.75. The lowest BCUT2D eigenvalue weighted by atomic mass is 10.2. The summed E-state index contributed by atoms with van der Waals surface area (Å²) in [6.07, 6.45) is 1.77. The van der Waals surface area contributed by atoms with E-state index in [1.807, 2.05) is 37.3 Å². The topological polar surface area (TPSA) is 60.2 Å². The van der Waals surface area contributed by atoms with Crippen molar-refractivity contribution in [2.75, 3.05) is 18.2 Å². The standard InChI is InChI=1S/C14H17N3O/c1-10-8-16-14(7-13(10)15)17-9-11-4-3-5-12(6-11)18-2/h3-8H,9H2,1-2H3,(H3,15,16,17). The molecule has 4 heteroatoms. The summed E-state index contributed by atoms with van der Waals surface area (Å²) in [5, 5.41) is 3.23. The summed E-state index contributed by atoms with van der Waals surface area (Å²) in [5.74, 6) is 1.63. The maximum absolute atomic E-state index is 5.84. The predicted molar refractivity (Wildman–Crippen MR) is 73.7 cm³/mol. The zero-order chi connectivity index (χ0) is 13.0. The SMILES string of the molecule is COc1cccc(CNc2cc(N)c(C)cn2)c1. The van der Waals surface area contributed by atoms with Gasteiger partial charge in [-0.1, -0.05) is 12.1 Å². The van der Waals surface area contributed by atoms with Crippen LogP contribution in [0.1, 0.15) is 11.1 Å². The average molecular weight is 243 g/mol. The van der Waals surface area contributed by atoms with Crippen molar-refractivity contribution in [2.24, 2.45) is 0 Å². The van der Waals surface area contributed by atoms with Gasteiger partial charge in [0.25, 0.3) is 0 Å². The number of benzene rings is 1. The van der Waals surface area contributed by atoms with Crippen LogP contribution in [0, 0.1) is 6.92 Å². The van der Waals surface area contributed by atoms with Crippen LogP contribution in [-0.2, 0) is 6.54 Å². The summed E-state index contributed by atoms with van der Waals surface area (Å²) in [4.78, 5) is 4.27. The number of nitrogens with zero attached hydrogens (tertiary/aromatic N) is 1. The van der Waals surface area contributed by atoms with Crippen LogP contribution in [0.4, 0.5) is 11.5 Å². The van der Waals surface area contributed by atoms with Gasteiger partial charge in [-0.3, -0.25) is 0 Å². The van der Waals surface area contributed by atoms with Crippen molar-refractivity contribution in [3.63, 3.8) is 0 Å². The fraction of sp³-hybridized carbons (Fsp3) is 0.214. The lowest BCUT2D eigenvalue weighted by molar-refractivity contribution is 0.414. The third-order valence-corrected chi connectivity index (χ3v) is 2.75. The van der Waals surface area contributed by atoms with E-state index in [-0.39, 0.29) is 0 Å². The maximum Gasteiger partial charge on any atom is 0.128 e. The van der Waals surface area contributed by atoms with E-state index in [2.05, 4.69) is 10.3 Å². The molecule has 0 saturated heterocycles. The van der Waals surface area contributed by atoms with Gasteiger partial charge in [0.15, 0.2) is 0 Å². The number of rotatable bonds is 4. The zero-order valence-corrected chi connectivity index (χ0v) is 10.6. The third kappa shape index (κ3) is 2.91. The Bertz CT molecular complexity index is 540. The Balaban J connectivity index is 2.04. The number of nitrogens with two attached hydrogens (primary N) is 1. The Labute approximate surface area is 107 Å². The summed E-state index contributed by atoms with van der Waals surface area (Å²) in [5.41, 5.74) is 8.71. The van der Waals surface area contributed by atoms with Crippen molar-refractivity contribution in [3.05, 3.63) is 47.7 Å². The van der Waals surface area contributed by atoms with E-state index in [9.17, 15) is 0 Å². The van der Waals surface area contributed by atoms with E-state index >= 15 is 0 Å². The van der Waals surface area contributed by atoms with Gasteiger partial charge >= 0.3 is 0 Å². The molecule has 0 bridgehead atoms. The number of nitrogen functional groups attached to an aromatic ring is 1. The molecule has 3 N–H and O–H groups in total. The number of methoxy groups -OCH3 is 1. The summed E-state index contributed by atoms with van der Waals surface area (Å²) < 4.78 is 5.18. The highest BCUT2D eigenvalue weighted by molar-refractivity contribution is 5.53. The van der Waals surface area contributed by atoms with E-state index in [4.69, 9.17) is 10.5 Å². The number of anilines is 2. The van der Waals surface area contributed by atoms with Crippen molar-refractivity contribution in [1.29, 1.82) is 0 Å². The highest BCUT2D eigenvalue weighted by Gasteiger charge is 1.99. The highest BCUT2D eigenvalue weighted by Crippen LogP contribution is 2.16. The smallest absolute Gasteiger partial charge is 0.128 e. The van der Waals surface area contributed by atoms with Gasteiger partial charge in [-0.05, 0) is 30.2 Å². The second-order valence-corrected chi connectivity index (χ2v) is 4.13. The monoisotopic (exact) mass is 243 g/mol. The zero-order valence-electron chi connectivity index (χ0n) is 10.6. The van der Waals surface area contributed by atoms with E-state index in [0.29, 0.717) is 6.54 Å². The fourth-order valence-corrected chi connectivity index (χ4v) is 1.61. The molecule has 0 aliphatic carbocycles. The van der Waals surface area contributed by atoms with Crippen LogP contribution in [-0.4, -0.2) is 12.1 Å². The van der Waals surface area contributed by atoms with Crippen molar-refractivity contribution in [3.8, 4) is 5.75 Å². The number of ether oxygens (including phenoxy) is 1. The number of hydrogen-bond acceptors (Lipinski definition) is 4. The lowest BCUT2D eigenvalue weighted by Gasteiger charge is -2.08. The van der Waals surface area contributed by atoms with Gasteiger partial charge < -0.3 is 15.8 Å². The normalized spacial score (nSPS) is 10.1. The molecule has 0 saturated carbocycles. The van der Waals surface area contributed by atoms with Crippen LogP contribution in [0.5, 0.6) is 5.75 Å². The molecule has 2 rings (SSSR count). The number of nitrogens with one attached hydrogen (secondary N) is 1. The molecular weight excluding hydrogens is 226 g/mol. The summed E-state index contributed by atoms with van der Waals surface area (Å²) in [6, 6.07) is 9.76. The molecule has 0 aliphatic rings. The number of aryl methyl sites for hydroxylation is 1. The molecule has 94 valence electrons. The minimum absolute atomic E-state index is 0.687. The Hall–Kier alpha value is -2.23. The van der Waals surface area contributed by atoms with Crippen LogP contribution in [0.2, 0.25) is 0 Å². The molecule has 0 amide bonds. The molecule has 0 atom stereocenters. The van der Waals surface area contributed by atoms with Crippen LogP contribution < -0.4 is 15.8 Å². The molecule has 18 heavy (non-hydrogen) atoms. The molecule has 1 heterocycles. The quantitative estimate of drug-likeness (QED) is 0.866. The van der Waals surface area contributed by atoms with Gasteiger partial charge in [0.1, 0.15) is 11.6 Å². The van der Waals surface area contributed by atoms with Gasteiger partial charge in [0.2, 0.25) is 0 Å². The first-order chi connectivity index (χ1) is 8.69. The van der Waals surface area contributed by atoms with Gasteiger partial charge in [0, 0.05) is 24.5 Å². The van der Waals surface area contributed by atoms with Gasteiger partial charge in [-0.25, -0.2) is 4.98 Å². The highest BCUT2D eigenvalue weighted by atomic mass is 16.5. The molecule has 0 fully saturated rings. The molecule has 2 aromatic rings. The van der Waals surface area contributed by atoms with Crippen LogP contribution in [0.3, 0.4) is 0 Å².